The van der Waals surface area contributed by atoms with E-state index in [1.807, 2.05) is 6.07 Å². The van der Waals surface area contributed by atoms with Gasteiger partial charge >= 0.3 is 5.97 Å². The van der Waals surface area contributed by atoms with Crippen LogP contribution in [0.4, 0.5) is 0 Å². The lowest BCUT2D eigenvalue weighted by atomic mass is 9.99. The predicted molar refractivity (Wildman–Crippen MR) is 78.4 cm³/mol. The van der Waals surface area contributed by atoms with Gasteiger partial charge in [-0.25, -0.2) is 4.79 Å². The van der Waals surface area contributed by atoms with Crippen LogP contribution in [-0.2, 0) is 14.3 Å². The molecule has 2 rings (SSSR count). The average Bonchev–Trinajstić information content (AvgIpc) is 2.90. The fourth-order valence-corrected chi connectivity index (χ4v) is 2.81. The number of halogens is 1. The molecule has 1 aromatic rings. The summed E-state index contributed by atoms with van der Waals surface area (Å²) in [4.78, 5) is 25.3. The lowest BCUT2D eigenvalue weighted by Crippen LogP contribution is -2.42. The second-order valence-corrected chi connectivity index (χ2v) is 5.65. The summed E-state index contributed by atoms with van der Waals surface area (Å²) in [6.45, 7) is 2.06. The molecular weight excluding hydrogens is 294 g/mol. The second kappa shape index (κ2) is 6.45. The van der Waals surface area contributed by atoms with Crippen LogP contribution < -0.4 is 0 Å². The van der Waals surface area contributed by atoms with E-state index in [0.717, 1.165) is 5.56 Å². The van der Waals surface area contributed by atoms with Crippen LogP contribution in [0.2, 0.25) is 5.02 Å². The molecule has 0 saturated carbocycles. The number of hydrogen-bond acceptors (Lipinski definition) is 3. The van der Waals surface area contributed by atoms with E-state index in [-0.39, 0.29) is 12.0 Å². The zero-order valence-corrected chi connectivity index (χ0v) is 12.7. The first-order valence-electron chi connectivity index (χ1n) is 6.75. The van der Waals surface area contributed by atoms with Crippen LogP contribution in [0, 0.1) is 0 Å². The first kappa shape index (κ1) is 15.8. The van der Waals surface area contributed by atoms with E-state index in [0.29, 0.717) is 18.0 Å². The molecule has 1 saturated heterocycles. The highest BCUT2D eigenvalue weighted by Gasteiger charge is 2.41. The van der Waals surface area contributed by atoms with Gasteiger partial charge in [-0.15, -0.1) is 0 Å². The lowest BCUT2D eigenvalue weighted by Gasteiger charge is -2.25. The highest BCUT2D eigenvalue weighted by Crippen LogP contribution is 2.27. The molecule has 0 aromatic heterocycles. The van der Waals surface area contributed by atoms with E-state index in [2.05, 4.69) is 0 Å². The molecule has 21 heavy (non-hydrogen) atoms. The molecular formula is C15H18ClNO4. The zero-order valence-electron chi connectivity index (χ0n) is 12.0. The minimum Gasteiger partial charge on any atom is -0.480 e. The molecule has 3 atom stereocenters. The number of aliphatic carboxylic acids is 1. The van der Waals surface area contributed by atoms with Gasteiger partial charge in [-0.3, -0.25) is 4.79 Å². The summed E-state index contributed by atoms with van der Waals surface area (Å²) in [6.07, 6.45) is 0.0847. The maximum Gasteiger partial charge on any atom is 0.326 e. The number of ether oxygens (including phenoxy) is 1. The average molecular weight is 312 g/mol. The standard InChI is InChI=1S/C15H18ClNO4/c1-9(10-4-3-5-11(16)6-10)14(18)17-8-12(21-2)7-13(17)15(19)20/h3-6,9,12-13H,7-8H2,1-2H3,(H,19,20). The monoisotopic (exact) mass is 311 g/mol. The topological polar surface area (TPSA) is 66.8 Å². The fraction of sp³-hybridized carbons (Fsp3) is 0.467. The van der Waals surface area contributed by atoms with Crippen LogP contribution in [0.3, 0.4) is 0 Å². The molecule has 114 valence electrons. The fourth-order valence-electron chi connectivity index (χ4n) is 2.61. The number of amides is 1. The summed E-state index contributed by atoms with van der Waals surface area (Å²) in [6, 6.07) is 6.22. The number of rotatable bonds is 4. The van der Waals surface area contributed by atoms with Crippen molar-refractivity contribution in [3.63, 3.8) is 0 Å². The highest BCUT2D eigenvalue weighted by molar-refractivity contribution is 6.30. The quantitative estimate of drug-likeness (QED) is 0.925. The van der Waals surface area contributed by atoms with E-state index in [4.69, 9.17) is 16.3 Å². The molecule has 1 amide bonds. The van der Waals surface area contributed by atoms with Crippen molar-refractivity contribution in [2.24, 2.45) is 0 Å². The van der Waals surface area contributed by atoms with Gasteiger partial charge in [-0.2, -0.15) is 0 Å². The molecule has 5 nitrogen and oxygen atoms in total. The summed E-state index contributed by atoms with van der Waals surface area (Å²) in [5.41, 5.74) is 0.775. The van der Waals surface area contributed by atoms with Gasteiger partial charge in [0.15, 0.2) is 0 Å². The van der Waals surface area contributed by atoms with Gasteiger partial charge in [0.2, 0.25) is 5.91 Å². The minimum atomic E-state index is -0.999. The Labute approximate surface area is 128 Å². The third-order valence-electron chi connectivity index (χ3n) is 3.88. The van der Waals surface area contributed by atoms with Crippen molar-refractivity contribution in [1.29, 1.82) is 0 Å². The van der Waals surface area contributed by atoms with Crippen LogP contribution >= 0.6 is 11.6 Å². The summed E-state index contributed by atoms with van der Waals surface area (Å²) >= 11 is 5.94. The molecule has 1 aliphatic heterocycles. The van der Waals surface area contributed by atoms with Gasteiger partial charge in [0.05, 0.1) is 12.0 Å². The summed E-state index contributed by atoms with van der Waals surface area (Å²) < 4.78 is 5.20. The summed E-state index contributed by atoms with van der Waals surface area (Å²) in [5, 5.41) is 9.83. The van der Waals surface area contributed by atoms with E-state index in [9.17, 15) is 14.7 Å². The maximum atomic E-state index is 12.6. The SMILES string of the molecule is COC1CC(C(=O)O)N(C(=O)C(C)c2cccc(Cl)c2)C1. The Morgan fingerprint density at radius 2 is 2.19 bits per heavy atom. The Bertz CT molecular complexity index is 548. The molecule has 0 radical (unpaired) electrons. The summed E-state index contributed by atoms with van der Waals surface area (Å²) in [5.74, 6) is -1.66. The second-order valence-electron chi connectivity index (χ2n) is 5.21. The third kappa shape index (κ3) is 3.36. The zero-order chi connectivity index (χ0) is 15.6. The van der Waals surface area contributed by atoms with E-state index < -0.39 is 17.9 Å². The van der Waals surface area contributed by atoms with Gasteiger partial charge in [-0.05, 0) is 24.6 Å². The first-order chi connectivity index (χ1) is 9.93. The number of carboxylic acid groups (broad SMARTS) is 1. The van der Waals surface area contributed by atoms with E-state index in [1.54, 1.807) is 25.1 Å². The minimum absolute atomic E-state index is 0.218. The van der Waals surface area contributed by atoms with Crippen molar-refractivity contribution in [3.05, 3.63) is 34.9 Å². The third-order valence-corrected chi connectivity index (χ3v) is 4.12. The van der Waals surface area contributed by atoms with Gasteiger partial charge < -0.3 is 14.7 Å². The Balaban J connectivity index is 2.19. The number of likely N-dealkylation sites (tertiary alicyclic amines) is 1. The van der Waals surface area contributed by atoms with Crippen LogP contribution in [-0.4, -0.2) is 47.7 Å². The van der Waals surface area contributed by atoms with Gasteiger partial charge in [0.1, 0.15) is 6.04 Å². The van der Waals surface area contributed by atoms with Gasteiger partial charge in [0.25, 0.3) is 0 Å². The molecule has 1 fully saturated rings. The normalized spacial score (nSPS) is 23.1. The van der Waals surface area contributed by atoms with E-state index >= 15 is 0 Å². The molecule has 0 bridgehead atoms. The molecule has 3 unspecified atom stereocenters. The maximum absolute atomic E-state index is 12.6. The number of carboxylic acids is 1. The van der Waals surface area contributed by atoms with Crippen molar-refractivity contribution >= 4 is 23.5 Å². The molecule has 0 spiro atoms. The highest BCUT2D eigenvalue weighted by atomic mass is 35.5. The van der Waals surface area contributed by atoms with Gasteiger partial charge in [-0.1, -0.05) is 23.7 Å². The largest absolute Gasteiger partial charge is 0.480 e. The molecule has 1 N–H and O–H groups in total. The van der Waals surface area contributed by atoms with Crippen molar-refractivity contribution < 1.29 is 19.4 Å². The smallest absolute Gasteiger partial charge is 0.326 e. The Morgan fingerprint density at radius 3 is 2.76 bits per heavy atom. The number of carbonyl (C=O) groups is 2. The van der Waals surface area contributed by atoms with Crippen LogP contribution in [0.1, 0.15) is 24.8 Å². The van der Waals surface area contributed by atoms with Crippen LogP contribution in [0.25, 0.3) is 0 Å². The van der Waals surface area contributed by atoms with Crippen molar-refractivity contribution in [3.8, 4) is 0 Å². The van der Waals surface area contributed by atoms with Crippen LogP contribution in [0.15, 0.2) is 24.3 Å². The lowest BCUT2D eigenvalue weighted by molar-refractivity contribution is -0.148. The number of carbonyl (C=O) groups excluding carboxylic acids is 1. The van der Waals surface area contributed by atoms with E-state index in [1.165, 1.54) is 12.0 Å². The Morgan fingerprint density at radius 1 is 1.48 bits per heavy atom. The van der Waals surface area contributed by atoms with Crippen molar-refractivity contribution in [1.82, 2.24) is 4.90 Å². The molecule has 1 aromatic carbocycles. The number of benzene rings is 1. The molecule has 6 heteroatoms. The number of methoxy groups -OCH3 is 1. The van der Waals surface area contributed by atoms with Gasteiger partial charge in [0, 0.05) is 25.1 Å². The van der Waals surface area contributed by atoms with Crippen LogP contribution in [0.5, 0.6) is 0 Å². The Kier molecular flexibility index (Phi) is 4.85. The molecule has 1 heterocycles. The van der Waals surface area contributed by atoms with Crippen molar-refractivity contribution in [2.75, 3.05) is 13.7 Å². The number of nitrogens with zero attached hydrogens (tertiary/aromatic N) is 1. The Hall–Kier alpha value is -1.59. The summed E-state index contributed by atoms with van der Waals surface area (Å²) in [7, 11) is 1.53. The molecule has 1 aliphatic rings. The molecule has 0 aliphatic carbocycles. The predicted octanol–water partition coefficient (Wildman–Crippen LogP) is 2.14. The van der Waals surface area contributed by atoms with Crippen molar-refractivity contribution in [2.45, 2.75) is 31.4 Å². The first-order valence-corrected chi connectivity index (χ1v) is 7.13. The number of hydrogen-bond donors (Lipinski definition) is 1.